The molecule has 0 aliphatic heterocycles. The number of ether oxygens (including phenoxy) is 2. The van der Waals surface area contributed by atoms with Crippen LogP contribution in [0.25, 0.3) is 0 Å². The third-order valence-corrected chi connectivity index (χ3v) is 2.89. The Morgan fingerprint density at radius 3 is 2.50 bits per heavy atom. The number of primary amides is 1. The molecule has 0 spiro atoms. The first-order chi connectivity index (χ1) is 10.5. The van der Waals surface area contributed by atoms with Gasteiger partial charge in [-0.1, -0.05) is 30.3 Å². The number of hydrogen-bond donors (Lipinski definition) is 2. The van der Waals surface area contributed by atoms with E-state index in [4.69, 9.17) is 10.5 Å². The van der Waals surface area contributed by atoms with Gasteiger partial charge in [0, 0.05) is 6.42 Å². The number of methoxy groups -OCH3 is 1. The van der Waals surface area contributed by atoms with Crippen LogP contribution >= 0.6 is 0 Å². The van der Waals surface area contributed by atoms with E-state index in [0.29, 0.717) is 0 Å². The maximum Gasteiger partial charge on any atom is 0.305 e. The predicted octanol–water partition coefficient (Wildman–Crippen LogP) is 0.126. The largest absolute Gasteiger partial charge is 0.469 e. The number of rotatable bonds is 9. The summed E-state index contributed by atoms with van der Waals surface area (Å²) in [5.41, 5.74) is 6.12. The van der Waals surface area contributed by atoms with E-state index >= 15 is 0 Å². The van der Waals surface area contributed by atoms with E-state index in [1.54, 1.807) is 0 Å². The molecule has 22 heavy (non-hydrogen) atoms. The first kappa shape index (κ1) is 17.6. The Kier molecular flexibility index (Phi) is 7.63. The molecule has 0 heterocycles. The number of nitrogens with two attached hydrogens (primary N) is 1. The lowest BCUT2D eigenvalue weighted by atomic mass is 10.1. The molecule has 7 heteroatoms. The van der Waals surface area contributed by atoms with Gasteiger partial charge in [0.1, 0.15) is 12.6 Å². The third-order valence-electron chi connectivity index (χ3n) is 2.89. The van der Waals surface area contributed by atoms with Gasteiger partial charge in [-0.3, -0.25) is 14.4 Å². The molecule has 0 aliphatic carbocycles. The summed E-state index contributed by atoms with van der Waals surface area (Å²) in [7, 11) is 1.25. The average Bonchev–Trinajstić information content (AvgIpc) is 2.51. The van der Waals surface area contributed by atoms with E-state index in [9.17, 15) is 14.4 Å². The first-order valence-corrected chi connectivity index (χ1v) is 6.80. The Bertz CT molecular complexity index is 504. The van der Waals surface area contributed by atoms with Crippen molar-refractivity contribution in [2.24, 2.45) is 5.73 Å². The van der Waals surface area contributed by atoms with Crippen molar-refractivity contribution in [2.75, 3.05) is 13.7 Å². The minimum Gasteiger partial charge on any atom is -0.469 e. The molecular formula is C15H20N2O5. The fourth-order valence-electron chi connectivity index (χ4n) is 1.72. The van der Waals surface area contributed by atoms with Crippen LogP contribution in [0.15, 0.2) is 30.3 Å². The van der Waals surface area contributed by atoms with Crippen molar-refractivity contribution >= 4 is 17.8 Å². The fraction of sp³-hybridized carbons (Fsp3) is 0.400. The van der Waals surface area contributed by atoms with Gasteiger partial charge in [0.25, 0.3) is 0 Å². The third kappa shape index (κ3) is 6.85. The van der Waals surface area contributed by atoms with Crippen molar-refractivity contribution in [1.29, 1.82) is 0 Å². The Hall–Kier alpha value is -2.41. The van der Waals surface area contributed by atoms with Crippen LogP contribution in [0.4, 0.5) is 0 Å². The van der Waals surface area contributed by atoms with Gasteiger partial charge in [-0.15, -0.1) is 0 Å². The second kappa shape index (κ2) is 9.51. The normalized spacial score (nSPS) is 11.5. The van der Waals surface area contributed by atoms with Gasteiger partial charge >= 0.3 is 5.97 Å². The summed E-state index contributed by atoms with van der Waals surface area (Å²) < 4.78 is 9.72. The van der Waals surface area contributed by atoms with Gasteiger partial charge in [0.2, 0.25) is 11.8 Å². The van der Waals surface area contributed by atoms with Crippen LogP contribution < -0.4 is 11.1 Å². The summed E-state index contributed by atoms with van der Waals surface area (Å²) in [4.78, 5) is 34.0. The lowest BCUT2D eigenvalue weighted by Gasteiger charge is -2.15. The number of hydrogen-bond acceptors (Lipinski definition) is 5. The van der Waals surface area contributed by atoms with Crippen LogP contribution in [0.3, 0.4) is 0 Å². The van der Waals surface area contributed by atoms with E-state index in [0.717, 1.165) is 5.56 Å². The molecule has 7 nitrogen and oxygen atoms in total. The molecule has 0 aromatic heterocycles. The zero-order valence-corrected chi connectivity index (χ0v) is 12.4. The standard InChI is InChI=1S/C15H20N2O5/c1-21-14(19)8-7-12(15(16)20)17-13(18)10-22-9-11-5-3-2-4-6-11/h2-6,12H,7-10H2,1H3,(H2,16,20)(H,17,18)/t12-/m1/s1. The second-order valence-corrected chi connectivity index (χ2v) is 4.62. The van der Waals surface area contributed by atoms with Gasteiger partial charge < -0.3 is 20.5 Å². The molecule has 0 saturated carbocycles. The minimum absolute atomic E-state index is 0.00470. The van der Waals surface area contributed by atoms with Gasteiger partial charge in [0.05, 0.1) is 13.7 Å². The maximum absolute atomic E-state index is 11.7. The summed E-state index contributed by atoms with van der Waals surface area (Å²) in [6.07, 6.45) is 0.0850. The smallest absolute Gasteiger partial charge is 0.305 e. The van der Waals surface area contributed by atoms with E-state index in [1.807, 2.05) is 30.3 Å². The topological polar surface area (TPSA) is 108 Å². The summed E-state index contributed by atoms with van der Waals surface area (Å²) in [6.45, 7) is 0.0918. The average molecular weight is 308 g/mol. The monoisotopic (exact) mass is 308 g/mol. The summed E-state index contributed by atoms with van der Waals surface area (Å²) in [5, 5.41) is 2.44. The summed E-state index contributed by atoms with van der Waals surface area (Å²) in [5.74, 6) is -1.65. The van der Waals surface area contributed by atoms with Crippen molar-refractivity contribution in [3.8, 4) is 0 Å². The quantitative estimate of drug-likeness (QED) is 0.630. The molecule has 3 N–H and O–H groups in total. The molecular weight excluding hydrogens is 288 g/mol. The Labute approximate surface area is 128 Å². The number of carbonyl (C=O) groups is 3. The molecule has 0 bridgehead atoms. The van der Waals surface area contributed by atoms with Crippen LogP contribution in [0.1, 0.15) is 18.4 Å². The Morgan fingerprint density at radius 1 is 1.23 bits per heavy atom. The first-order valence-electron chi connectivity index (χ1n) is 6.80. The highest BCUT2D eigenvalue weighted by Crippen LogP contribution is 2.01. The van der Waals surface area contributed by atoms with E-state index in [1.165, 1.54) is 7.11 Å². The van der Waals surface area contributed by atoms with Crippen molar-refractivity contribution in [3.63, 3.8) is 0 Å². The number of amides is 2. The molecule has 1 rings (SSSR count). The van der Waals surface area contributed by atoms with E-state index < -0.39 is 23.8 Å². The Morgan fingerprint density at radius 2 is 1.91 bits per heavy atom. The molecule has 0 unspecified atom stereocenters. The molecule has 1 atom stereocenters. The molecule has 0 fully saturated rings. The van der Waals surface area contributed by atoms with Gasteiger partial charge in [-0.05, 0) is 12.0 Å². The summed E-state index contributed by atoms with van der Waals surface area (Å²) in [6, 6.07) is 8.45. The molecule has 1 aromatic rings. The minimum atomic E-state index is -0.924. The lowest BCUT2D eigenvalue weighted by molar-refractivity contribution is -0.141. The zero-order valence-electron chi connectivity index (χ0n) is 12.4. The van der Waals surface area contributed by atoms with Crippen LogP contribution in [-0.2, 0) is 30.5 Å². The van der Waals surface area contributed by atoms with Crippen LogP contribution in [0.5, 0.6) is 0 Å². The van der Waals surface area contributed by atoms with Crippen LogP contribution in [0, 0.1) is 0 Å². The maximum atomic E-state index is 11.7. The predicted molar refractivity (Wildman–Crippen MR) is 78.5 cm³/mol. The fourth-order valence-corrected chi connectivity index (χ4v) is 1.72. The molecule has 0 saturated heterocycles. The Balaban J connectivity index is 2.33. The van der Waals surface area contributed by atoms with Crippen LogP contribution in [-0.4, -0.2) is 37.5 Å². The molecule has 1 aromatic carbocycles. The highest BCUT2D eigenvalue weighted by atomic mass is 16.5. The molecule has 0 aliphatic rings. The number of esters is 1. The van der Waals surface area contributed by atoms with Crippen molar-refractivity contribution < 1.29 is 23.9 Å². The van der Waals surface area contributed by atoms with E-state index in [-0.39, 0.29) is 26.1 Å². The molecule has 120 valence electrons. The number of carbonyl (C=O) groups excluding carboxylic acids is 3. The van der Waals surface area contributed by atoms with Crippen molar-refractivity contribution in [1.82, 2.24) is 5.32 Å². The van der Waals surface area contributed by atoms with Crippen molar-refractivity contribution in [2.45, 2.75) is 25.5 Å². The second-order valence-electron chi connectivity index (χ2n) is 4.62. The SMILES string of the molecule is COC(=O)CC[C@@H](NC(=O)COCc1ccccc1)C(N)=O. The highest BCUT2D eigenvalue weighted by molar-refractivity contribution is 5.87. The van der Waals surface area contributed by atoms with Crippen molar-refractivity contribution in [3.05, 3.63) is 35.9 Å². The van der Waals surface area contributed by atoms with Gasteiger partial charge in [0.15, 0.2) is 0 Å². The highest BCUT2D eigenvalue weighted by Gasteiger charge is 2.19. The van der Waals surface area contributed by atoms with E-state index in [2.05, 4.69) is 10.1 Å². The summed E-state index contributed by atoms with van der Waals surface area (Å²) >= 11 is 0. The van der Waals surface area contributed by atoms with Crippen LogP contribution in [0.2, 0.25) is 0 Å². The van der Waals surface area contributed by atoms with Gasteiger partial charge in [-0.2, -0.15) is 0 Å². The number of nitrogens with one attached hydrogen (secondary N) is 1. The van der Waals surface area contributed by atoms with Gasteiger partial charge in [-0.25, -0.2) is 0 Å². The zero-order chi connectivity index (χ0) is 16.4. The molecule has 0 radical (unpaired) electrons. The molecule has 2 amide bonds. The lowest BCUT2D eigenvalue weighted by Crippen LogP contribution is -2.46. The number of benzene rings is 1.